The van der Waals surface area contributed by atoms with Gasteiger partial charge in [-0.2, -0.15) is 4.31 Å². The quantitative estimate of drug-likeness (QED) is 0.529. The molecule has 3 heterocycles. The maximum absolute atomic E-state index is 13.0. The Morgan fingerprint density at radius 1 is 1.33 bits per heavy atom. The predicted octanol–water partition coefficient (Wildman–Crippen LogP) is 2.24. The highest BCUT2D eigenvalue weighted by atomic mass is 32.2. The monoisotopic (exact) mass is 412 g/mol. The number of ether oxygens (including phenoxy) is 1. The van der Waals surface area contributed by atoms with Crippen molar-refractivity contribution >= 4 is 33.1 Å². The zero-order valence-corrected chi connectivity index (χ0v) is 16.9. The first kappa shape index (κ1) is 19.7. The van der Waals surface area contributed by atoms with Gasteiger partial charge >= 0.3 is 5.97 Å². The Bertz CT molecular complexity index is 956. The number of nitrogens with zero attached hydrogens (tertiary/aromatic N) is 2. The number of esters is 1. The zero-order chi connectivity index (χ0) is 19.8. The van der Waals surface area contributed by atoms with Crippen LogP contribution in [0.25, 0.3) is 0 Å². The van der Waals surface area contributed by atoms with Crippen molar-refractivity contribution in [3.05, 3.63) is 33.3 Å². The fraction of sp³-hybridized carbons (Fsp3) is 0.471. The summed E-state index contributed by atoms with van der Waals surface area (Å²) in [5.74, 6) is -0.848. The summed E-state index contributed by atoms with van der Waals surface area (Å²) in [4.78, 5) is 26.0. The van der Waals surface area contributed by atoms with Crippen LogP contribution in [0.1, 0.15) is 38.8 Å². The van der Waals surface area contributed by atoms with E-state index in [9.17, 15) is 18.0 Å². The lowest BCUT2D eigenvalue weighted by atomic mass is 10.2. The predicted molar refractivity (Wildman–Crippen MR) is 97.2 cm³/mol. The molecule has 27 heavy (non-hydrogen) atoms. The van der Waals surface area contributed by atoms with Crippen molar-refractivity contribution in [1.82, 2.24) is 9.46 Å². The van der Waals surface area contributed by atoms with Crippen molar-refractivity contribution in [3.8, 4) is 0 Å². The fourth-order valence-electron chi connectivity index (χ4n) is 3.11. The second-order valence-electron chi connectivity index (χ2n) is 6.37. The third-order valence-electron chi connectivity index (χ3n) is 4.37. The average Bonchev–Trinajstić information content (AvgIpc) is 3.32. The van der Waals surface area contributed by atoms with E-state index in [0.29, 0.717) is 17.7 Å². The number of hydrogen-bond donors (Lipinski definition) is 0. The lowest BCUT2D eigenvalue weighted by molar-refractivity contribution is -0.146. The van der Waals surface area contributed by atoms with E-state index in [1.807, 2.05) is 13.0 Å². The molecule has 0 saturated carbocycles. The van der Waals surface area contributed by atoms with E-state index in [1.165, 1.54) is 25.2 Å². The number of sulfonamides is 1. The number of aromatic nitrogens is 1. The highest BCUT2D eigenvalue weighted by Gasteiger charge is 2.42. The third kappa shape index (κ3) is 3.83. The second kappa shape index (κ2) is 7.53. The van der Waals surface area contributed by atoms with Crippen molar-refractivity contribution in [2.45, 2.75) is 44.6 Å². The van der Waals surface area contributed by atoms with Crippen LogP contribution >= 0.6 is 11.3 Å². The second-order valence-corrected chi connectivity index (χ2v) is 9.48. The van der Waals surface area contributed by atoms with E-state index >= 15 is 0 Å². The van der Waals surface area contributed by atoms with Crippen LogP contribution in [-0.2, 0) is 19.6 Å². The normalized spacial score (nSPS) is 18.0. The molecular formula is C17H20N2O6S2. The summed E-state index contributed by atoms with van der Waals surface area (Å²) in [5.41, 5.74) is 0.245. The number of Topliss-reactive ketones (excluding diaryl/α,β-unsaturated/α-hetero) is 1. The van der Waals surface area contributed by atoms with E-state index in [4.69, 9.17) is 9.26 Å². The molecule has 0 amide bonds. The van der Waals surface area contributed by atoms with Crippen LogP contribution < -0.4 is 0 Å². The number of carbonyl (C=O) groups is 2. The number of thiophene rings is 1. The lowest BCUT2D eigenvalue weighted by Crippen LogP contribution is -2.42. The molecular weight excluding hydrogens is 392 g/mol. The minimum atomic E-state index is -3.94. The van der Waals surface area contributed by atoms with Gasteiger partial charge in [0.1, 0.15) is 16.6 Å². The van der Waals surface area contributed by atoms with Gasteiger partial charge in [0.05, 0.1) is 4.88 Å². The molecule has 0 aromatic carbocycles. The summed E-state index contributed by atoms with van der Waals surface area (Å²) in [7, 11) is -3.94. The van der Waals surface area contributed by atoms with Gasteiger partial charge in [-0.05, 0) is 45.7 Å². The van der Waals surface area contributed by atoms with Crippen LogP contribution in [0.3, 0.4) is 0 Å². The number of ketones is 1. The zero-order valence-electron chi connectivity index (χ0n) is 15.2. The Labute approximate surface area is 161 Å². The van der Waals surface area contributed by atoms with Crippen LogP contribution in [0.5, 0.6) is 0 Å². The summed E-state index contributed by atoms with van der Waals surface area (Å²) >= 11 is 1.32. The van der Waals surface area contributed by atoms with Gasteiger partial charge in [0.15, 0.2) is 12.4 Å². The molecule has 1 fully saturated rings. The first-order chi connectivity index (χ1) is 12.7. The molecule has 2 aromatic rings. The van der Waals surface area contributed by atoms with Gasteiger partial charge in [-0.3, -0.25) is 9.59 Å². The van der Waals surface area contributed by atoms with Crippen molar-refractivity contribution in [2.24, 2.45) is 0 Å². The Morgan fingerprint density at radius 3 is 2.67 bits per heavy atom. The Hall–Kier alpha value is -2.04. The molecule has 146 valence electrons. The van der Waals surface area contributed by atoms with Gasteiger partial charge in [-0.1, -0.05) is 5.16 Å². The Morgan fingerprint density at radius 2 is 2.07 bits per heavy atom. The maximum atomic E-state index is 13.0. The SMILES string of the molecule is Cc1ccc(C(=O)COC(=O)[C@@H]2CCCN2S(=O)(=O)c2c(C)noc2C)s1. The summed E-state index contributed by atoms with van der Waals surface area (Å²) in [6.45, 7) is 4.72. The number of carbonyl (C=O) groups excluding carboxylic acids is 2. The van der Waals surface area contributed by atoms with Crippen molar-refractivity contribution in [1.29, 1.82) is 0 Å². The van der Waals surface area contributed by atoms with Crippen LogP contribution in [0.15, 0.2) is 21.6 Å². The van der Waals surface area contributed by atoms with Crippen LogP contribution in [0.4, 0.5) is 0 Å². The van der Waals surface area contributed by atoms with E-state index in [1.54, 1.807) is 6.07 Å². The molecule has 1 saturated heterocycles. The first-order valence-corrected chi connectivity index (χ1v) is 10.7. The average molecular weight is 412 g/mol. The molecule has 1 atom stereocenters. The number of aryl methyl sites for hydroxylation is 3. The van der Waals surface area contributed by atoms with E-state index in [-0.39, 0.29) is 28.7 Å². The highest BCUT2D eigenvalue weighted by molar-refractivity contribution is 7.89. The smallest absolute Gasteiger partial charge is 0.324 e. The molecule has 0 spiro atoms. The molecule has 0 bridgehead atoms. The van der Waals surface area contributed by atoms with Gasteiger partial charge in [-0.25, -0.2) is 8.42 Å². The lowest BCUT2D eigenvalue weighted by Gasteiger charge is -2.22. The topological polar surface area (TPSA) is 107 Å². The molecule has 3 rings (SSSR count). The van der Waals surface area contributed by atoms with Crippen LogP contribution in [0, 0.1) is 20.8 Å². The van der Waals surface area contributed by atoms with E-state index < -0.39 is 28.6 Å². The first-order valence-electron chi connectivity index (χ1n) is 8.43. The largest absolute Gasteiger partial charge is 0.456 e. The van der Waals surface area contributed by atoms with Gasteiger partial charge in [0, 0.05) is 11.4 Å². The summed E-state index contributed by atoms with van der Waals surface area (Å²) in [5, 5.41) is 3.68. The molecule has 0 N–H and O–H groups in total. The number of rotatable bonds is 6. The molecule has 1 aliphatic rings. The Kier molecular flexibility index (Phi) is 5.50. The van der Waals surface area contributed by atoms with Crippen molar-refractivity contribution in [2.75, 3.05) is 13.2 Å². The Balaban J connectivity index is 1.72. The highest BCUT2D eigenvalue weighted by Crippen LogP contribution is 2.30. The van der Waals surface area contributed by atoms with Crippen molar-refractivity contribution < 1.29 is 27.3 Å². The van der Waals surface area contributed by atoms with Crippen molar-refractivity contribution in [3.63, 3.8) is 0 Å². The number of hydrogen-bond acceptors (Lipinski definition) is 8. The van der Waals surface area contributed by atoms with Gasteiger partial charge in [0.25, 0.3) is 0 Å². The molecule has 10 heteroatoms. The molecule has 8 nitrogen and oxygen atoms in total. The maximum Gasteiger partial charge on any atom is 0.324 e. The minimum Gasteiger partial charge on any atom is -0.456 e. The van der Waals surface area contributed by atoms with Gasteiger partial charge < -0.3 is 9.26 Å². The summed E-state index contributed by atoms with van der Waals surface area (Å²) in [6.07, 6.45) is 0.869. The van der Waals surface area contributed by atoms with E-state index in [2.05, 4.69) is 5.16 Å². The molecule has 1 aliphatic heterocycles. The molecule has 0 aliphatic carbocycles. The molecule has 2 aromatic heterocycles. The van der Waals surface area contributed by atoms with Gasteiger partial charge in [-0.15, -0.1) is 11.3 Å². The van der Waals surface area contributed by atoms with Crippen LogP contribution in [-0.4, -0.2) is 48.8 Å². The summed E-state index contributed by atoms with van der Waals surface area (Å²) < 4.78 is 37.1. The molecule has 0 radical (unpaired) electrons. The third-order valence-corrected chi connectivity index (χ3v) is 7.57. The minimum absolute atomic E-state index is 0.0210. The van der Waals surface area contributed by atoms with Gasteiger partial charge in [0.2, 0.25) is 15.8 Å². The fourth-order valence-corrected chi connectivity index (χ4v) is 5.85. The van der Waals surface area contributed by atoms with Crippen LogP contribution in [0.2, 0.25) is 0 Å². The standard InChI is InChI=1S/C17H20N2O6S2/c1-10-6-7-15(26-10)14(20)9-24-17(21)13-5-4-8-19(13)27(22,23)16-11(2)18-25-12(16)3/h6-7,13H,4-5,8-9H2,1-3H3/t13-/m0/s1. The van der Waals surface area contributed by atoms with E-state index in [0.717, 1.165) is 9.18 Å². The molecule has 0 unspecified atom stereocenters. The summed E-state index contributed by atoms with van der Waals surface area (Å²) in [6, 6.07) is 2.54.